The number of ether oxygens (including phenoxy) is 1. The van der Waals surface area contributed by atoms with Crippen LogP contribution < -0.4 is 11.1 Å². The van der Waals surface area contributed by atoms with Crippen LogP contribution in [0.3, 0.4) is 0 Å². The molecule has 0 bridgehead atoms. The minimum Gasteiger partial charge on any atom is -0.377 e. The average molecular weight is 368 g/mol. The van der Waals surface area contributed by atoms with Gasteiger partial charge in [0.05, 0.1) is 0 Å². The van der Waals surface area contributed by atoms with Crippen LogP contribution in [0.5, 0.6) is 0 Å². The molecule has 2 aliphatic rings. The van der Waals surface area contributed by atoms with Gasteiger partial charge >= 0.3 is 0 Å². The number of hydrogen-bond acceptors (Lipinski definition) is 7. The lowest BCUT2D eigenvalue weighted by molar-refractivity contribution is 0.177. The number of anilines is 1. The summed E-state index contributed by atoms with van der Waals surface area (Å²) in [6.45, 7) is 3.25. The second-order valence-corrected chi connectivity index (χ2v) is 7.64. The number of hydrogen-bond donors (Lipinski definition) is 2. The van der Waals surface area contributed by atoms with Gasteiger partial charge in [-0.05, 0) is 44.6 Å². The van der Waals surface area contributed by atoms with Gasteiger partial charge in [-0.1, -0.05) is 0 Å². The van der Waals surface area contributed by atoms with E-state index in [1.165, 1.54) is 17.7 Å². The number of nitrogens with one attached hydrogen (secondary N) is 1. The maximum atomic E-state index is 5.94. The Morgan fingerprint density at radius 3 is 2.78 bits per heavy atom. The third kappa shape index (κ3) is 4.09. The maximum Gasteiger partial charge on any atom is 0.156 e. The van der Waals surface area contributed by atoms with Crippen LogP contribution in [0.4, 0.5) is 5.82 Å². The maximum absolute atomic E-state index is 5.94. The van der Waals surface area contributed by atoms with Gasteiger partial charge in [0.15, 0.2) is 5.82 Å². The molecule has 0 unspecified atom stereocenters. The summed E-state index contributed by atoms with van der Waals surface area (Å²) in [7, 11) is 1.66. The molecule has 0 radical (unpaired) electrons. The number of aryl methyl sites for hydroxylation is 2. The Kier molecular flexibility index (Phi) is 5.31. The predicted octanol–water partition coefficient (Wildman–Crippen LogP) is 2.07. The normalized spacial score (nSPS) is 21.0. The molecule has 27 heavy (non-hydrogen) atoms. The van der Waals surface area contributed by atoms with Crippen LogP contribution in [0.1, 0.15) is 59.5 Å². The van der Waals surface area contributed by atoms with Crippen molar-refractivity contribution < 1.29 is 4.74 Å². The summed E-state index contributed by atoms with van der Waals surface area (Å²) in [6.07, 6.45) is 6.16. The summed E-state index contributed by atoms with van der Waals surface area (Å²) in [6, 6.07) is 2.34. The van der Waals surface area contributed by atoms with Gasteiger partial charge in [0.1, 0.15) is 18.2 Å². The molecular weight excluding hydrogens is 340 g/mol. The fraction of sp³-hybridized carbons (Fsp3) is 0.600. The number of methoxy groups -OCH3 is 1. The first-order chi connectivity index (χ1) is 13.1. The van der Waals surface area contributed by atoms with E-state index in [1.54, 1.807) is 7.11 Å². The van der Waals surface area contributed by atoms with Gasteiger partial charge in [-0.3, -0.25) is 0 Å². The van der Waals surface area contributed by atoms with Crippen molar-refractivity contribution in [1.82, 2.24) is 19.9 Å². The molecule has 0 amide bonds. The van der Waals surface area contributed by atoms with Crippen LogP contribution in [0.2, 0.25) is 0 Å². The van der Waals surface area contributed by atoms with E-state index in [9.17, 15) is 0 Å². The first-order valence-electron chi connectivity index (χ1n) is 9.84. The van der Waals surface area contributed by atoms with Crippen molar-refractivity contribution in [1.29, 1.82) is 0 Å². The van der Waals surface area contributed by atoms with Gasteiger partial charge in [0.25, 0.3) is 0 Å². The first-order valence-corrected chi connectivity index (χ1v) is 9.84. The second kappa shape index (κ2) is 7.86. The molecule has 7 nitrogen and oxygen atoms in total. The predicted molar refractivity (Wildman–Crippen MR) is 104 cm³/mol. The summed E-state index contributed by atoms with van der Waals surface area (Å²) in [5.41, 5.74) is 10.7. The summed E-state index contributed by atoms with van der Waals surface area (Å²) in [4.78, 5) is 18.6. The quantitative estimate of drug-likeness (QED) is 0.772. The van der Waals surface area contributed by atoms with E-state index in [0.717, 1.165) is 61.7 Å². The van der Waals surface area contributed by atoms with Crippen LogP contribution >= 0.6 is 0 Å². The number of nitrogens with two attached hydrogens (primary N) is 1. The molecule has 0 aromatic carbocycles. The number of nitrogens with zero attached hydrogens (tertiary/aromatic N) is 4. The van der Waals surface area contributed by atoms with Crippen LogP contribution in [0, 0.1) is 6.92 Å². The molecule has 0 saturated heterocycles. The van der Waals surface area contributed by atoms with Gasteiger partial charge in [0, 0.05) is 55.2 Å². The molecule has 1 fully saturated rings. The lowest BCUT2D eigenvalue weighted by Gasteiger charge is -2.32. The van der Waals surface area contributed by atoms with E-state index in [0.29, 0.717) is 24.4 Å². The molecule has 0 atom stereocenters. The number of fused-ring (bicyclic) bond motifs is 1. The van der Waals surface area contributed by atoms with Gasteiger partial charge in [0.2, 0.25) is 0 Å². The smallest absolute Gasteiger partial charge is 0.156 e. The van der Waals surface area contributed by atoms with E-state index in [2.05, 4.69) is 27.2 Å². The Bertz CT molecular complexity index is 818. The fourth-order valence-electron chi connectivity index (χ4n) is 4.01. The molecule has 0 spiro atoms. The molecule has 2 aromatic heterocycles. The third-order valence-corrected chi connectivity index (χ3v) is 5.50. The van der Waals surface area contributed by atoms with E-state index < -0.39 is 0 Å². The monoisotopic (exact) mass is 368 g/mol. The molecule has 0 aliphatic heterocycles. The summed E-state index contributed by atoms with van der Waals surface area (Å²) < 4.78 is 5.22. The lowest BCUT2D eigenvalue weighted by Crippen LogP contribution is -2.35. The number of rotatable bonds is 7. The highest BCUT2D eigenvalue weighted by Gasteiger charge is 2.29. The highest BCUT2D eigenvalue weighted by Crippen LogP contribution is 2.35. The van der Waals surface area contributed by atoms with E-state index >= 15 is 0 Å². The molecular formula is C20H28N6O. The topological polar surface area (TPSA) is 98.8 Å². The van der Waals surface area contributed by atoms with Crippen LogP contribution in [0.25, 0.3) is 0 Å². The van der Waals surface area contributed by atoms with Gasteiger partial charge in [-0.2, -0.15) is 0 Å². The van der Waals surface area contributed by atoms with Crippen molar-refractivity contribution in [2.24, 2.45) is 5.73 Å². The summed E-state index contributed by atoms with van der Waals surface area (Å²) in [5, 5.41) is 3.42. The van der Waals surface area contributed by atoms with E-state index in [4.69, 9.17) is 15.5 Å². The largest absolute Gasteiger partial charge is 0.377 e. The Morgan fingerprint density at radius 2 is 2.00 bits per heavy atom. The minimum atomic E-state index is 0.299. The lowest BCUT2D eigenvalue weighted by atomic mass is 9.78. The van der Waals surface area contributed by atoms with Gasteiger partial charge < -0.3 is 15.8 Å². The Balaban J connectivity index is 1.42. The Morgan fingerprint density at radius 1 is 1.15 bits per heavy atom. The van der Waals surface area contributed by atoms with Crippen LogP contribution in [-0.4, -0.2) is 39.6 Å². The molecule has 1 saturated carbocycles. The Labute approximate surface area is 160 Å². The molecule has 3 N–H and O–H groups in total. The molecule has 7 heteroatoms. The molecule has 2 aromatic rings. The van der Waals surface area contributed by atoms with Crippen LogP contribution in [0.15, 0.2) is 6.07 Å². The zero-order valence-electron chi connectivity index (χ0n) is 16.2. The second-order valence-electron chi connectivity index (χ2n) is 7.64. The highest BCUT2D eigenvalue weighted by atomic mass is 16.5. The van der Waals surface area contributed by atoms with E-state index in [1.807, 2.05) is 6.07 Å². The molecule has 2 heterocycles. The number of aromatic nitrogens is 4. The van der Waals surface area contributed by atoms with Crippen molar-refractivity contribution in [3.63, 3.8) is 0 Å². The average Bonchev–Trinajstić information content (AvgIpc) is 3.08. The third-order valence-electron chi connectivity index (χ3n) is 5.50. The Hall–Kier alpha value is -2.12. The molecule has 4 rings (SSSR count). The van der Waals surface area contributed by atoms with Crippen molar-refractivity contribution in [3.8, 4) is 0 Å². The first kappa shape index (κ1) is 18.3. The fourth-order valence-corrected chi connectivity index (χ4v) is 4.01. The highest BCUT2D eigenvalue weighted by molar-refractivity contribution is 5.38. The minimum absolute atomic E-state index is 0.299. The van der Waals surface area contributed by atoms with Crippen molar-refractivity contribution >= 4 is 5.82 Å². The zero-order valence-corrected chi connectivity index (χ0v) is 16.2. The SMILES string of the molecule is COCc1nc(NCCc2nc(C)c3c(n2)CCC3)cc(C2CC(N)C2)n1. The van der Waals surface area contributed by atoms with E-state index in [-0.39, 0.29) is 0 Å². The van der Waals surface area contributed by atoms with Crippen molar-refractivity contribution in [2.45, 2.75) is 64.0 Å². The van der Waals surface area contributed by atoms with Gasteiger partial charge in [-0.25, -0.2) is 19.9 Å². The molecule has 144 valence electrons. The molecule has 2 aliphatic carbocycles. The van der Waals surface area contributed by atoms with Crippen LogP contribution in [-0.2, 0) is 30.6 Å². The summed E-state index contributed by atoms with van der Waals surface area (Å²) in [5.74, 6) is 2.90. The zero-order chi connectivity index (χ0) is 18.8. The van der Waals surface area contributed by atoms with Crippen molar-refractivity contribution in [3.05, 3.63) is 40.4 Å². The van der Waals surface area contributed by atoms with Gasteiger partial charge in [-0.15, -0.1) is 0 Å². The summed E-state index contributed by atoms with van der Waals surface area (Å²) >= 11 is 0. The van der Waals surface area contributed by atoms with Crippen molar-refractivity contribution in [2.75, 3.05) is 19.0 Å². The standard InChI is InChI=1S/C20H28N6O/c1-12-15-4-3-5-16(15)24-18(23-12)6-7-22-19-10-17(13-8-14(21)9-13)25-20(26-19)11-27-2/h10,13-14H,3-9,11,21H2,1-2H3,(H,22,25,26).